The van der Waals surface area contributed by atoms with Crippen LogP contribution in [0.2, 0.25) is 0 Å². The number of rotatable bonds is 1. The number of hydrogen-bond donors (Lipinski definition) is 1. The standard InChI is InChI=1S/C11H8O4/c1-6-5-15-10-7(9(6)12)3-2-4-8(10)11(13)14/h2-5H,1H3,(H,13,14). The van der Waals surface area contributed by atoms with Crippen LogP contribution in [0.15, 0.2) is 33.7 Å². The highest BCUT2D eigenvalue weighted by atomic mass is 16.4. The van der Waals surface area contributed by atoms with Gasteiger partial charge < -0.3 is 9.52 Å². The average Bonchev–Trinajstić information content (AvgIpc) is 2.23. The summed E-state index contributed by atoms with van der Waals surface area (Å²) in [4.78, 5) is 22.5. The molecule has 1 aromatic heterocycles. The molecule has 0 fully saturated rings. The maximum atomic E-state index is 11.7. The molecular formula is C11H8O4. The normalized spacial score (nSPS) is 10.5. The first-order chi connectivity index (χ1) is 7.11. The van der Waals surface area contributed by atoms with Gasteiger partial charge in [0.2, 0.25) is 0 Å². The van der Waals surface area contributed by atoms with Crippen molar-refractivity contribution in [2.24, 2.45) is 0 Å². The summed E-state index contributed by atoms with van der Waals surface area (Å²) in [5, 5.41) is 9.18. The van der Waals surface area contributed by atoms with Gasteiger partial charge in [-0.3, -0.25) is 4.79 Å². The van der Waals surface area contributed by atoms with E-state index < -0.39 is 5.97 Å². The van der Waals surface area contributed by atoms with Crippen molar-refractivity contribution < 1.29 is 14.3 Å². The van der Waals surface area contributed by atoms with Crippen LogP contribution in [0.1, 0.15) is 15.9 Å². The maximum Gasteiger partial charge on any atom is 0.339 e. The lowest BCUT2D eigenvalue weighted by Crippen LogP contribution is -2.07. The first kappa shape index (κ1) is 9.45. The third kappa shape index (κ3) is 1.40. The molecule has 76 valence electrons. The highest BCUT2D eigenvalue weighted by Crippen LogP contribution is 2.16. The van der Waals surface area contributed by atoms with E-state index in [0.717, 1.165) is 0 Å². The molecule has 0 atom stereocenters. The van der Waals surface area contributed by atoms with Gasteiger partial charge in [0.1, 0.15) is 5.56 Å². The Morgan fingerprint density at radius 1 is 1.40 bits per heavy atom. The van der Waals surface area contributed by atoms with Crippen LogP contribution in [0, 0.1) is 6.92 Å². The molecule has 0 unspecified atom stereocenters. The zero-order valence-corrected chi connectivity index (χ0v) is 7.98. The number of carboxylic acids is 1. The second-order valence-electron chi connectivity index (χ2n) is 3.24. The summed E-state index contributed by atoms with van der Waals surface area (Å²) >= 11 is 0. The van der Waals surface area contributed by atoms with Crippen molar-refractivity contribution >= 4 is 16.9 Å². The van der Waals surface area contributed by atoms with Crippen LogP contribution in [-0.4, -0.2) is 11.1 Å². The monoisotopic (exact) mass is 204 g/mol. The Morgan fingerprint density at radius 3 is 2.80 bits per heavy atom. The molecule has 0 aliphatic carbocycles. The van der Waals surface area contributed by atoms with E-state index in [-0.39, 0.29) is 16.6 Å². The largest absolute Gasteiger partial charge is 0.478 e. The molecule has 4 heteroatoms. The summed E-state index contributed by atoms with van der Waals surface area (Å²) < 4.78 is 5.13. The summed E-state index contributed by atoms with van der Waals surface area (Å²) in [7, 11) is 0. The third-order valence-corrected chi connectivity index (χ3v) is 2.20. The number of fused-ring (bicyclic) bond motifs is 1. The molecule has 1 N–H and O–H groups in total. The van der Waals surface area contributed by atoms with E-state index in [9.17, 15) is 9.59 Å². The van der Waals surface area contributed by atoms with Crippen molar-refractivity contribution in [2.45, 2.75) is 6.92 Å². The predicted octanol–water partition coefficient (Wildman–Crippen LogP) is 1.80. The van der Waals surface area contributed by atoms with Gasteiger partial charge in [-0.1, -0.05) is 6.07 Å². The number of para-hydroxylation sites is 1. The minimum absolute atomic E-state index is 0.00426. The molecule has 0 spiro atoms. The highest BCUT2D eigenvalue weighted by Gasteiger charge is 2.12. The van der Waals surface area contributed by atoms with E-state index in [1.807, 2.05) is 0 Å². The third-order valence-electron chi connectivity index (χ3n) is 2.20. The SMILES string of the molecule is Cc1coc2c(C(=O)O)cccc2c1=O. The van der Waals surface area contributed by atoms with Crippen LogP contribution < -0.4 is 5.43 Å². The Labute approximate surface area is 84.8 Å². The number of hydrogen-bond acceptors (Lipinski definition) is 3. The number of carboxylic acid groups (broad SMARTS) is 1. The Morgan fingerprint density at radius 2 is 2.13 bits per heavy atom. The van der Waals surface area contributed by atoms with E-state index in [1.54, 1.807) is 13.0 Å². The van der Waals surface area contributed by atoms with Crippen LogP contribution in [0.3, 0.4) is 0 Å². The van der Waals surface area contributed by atoms with Crippen molar-refractivity contribution in [3.05, 3.63) is 45.8 Å². The molecular weight excluding hydrogens is 196 g/mol. The number of aromatic carboxylic acids is 1. The van der Waals surface area contributed by atoms with Gasteiger partial charge in [0.25, 0.3) is 0 Å². The van der Waals surface area contributed by atoms with Crippen molar-refractivity contribution in [1.82, 2.24) is 0 Å². The summed E-state index contributed by atoms with van der Waals surface area (Å²) in [6, 6.07) is 4.49. The van der Waals surface area contributed by atoms with Gasteiger partial charge in [0, 0.05) is 5.56 Å². The molecule has 0 amide bonds. The van der Waals surface area contributed by atoms with Gasteiger partial charge in [-0.25, -0.2) is 4.79 Å². The van der Waals surface area contributed by atoms with E-state index in [0.29, 0.717) is 10.9 Å². The fourth-order valence-electron chi connectivity index (χ4n) is 1.42. The first-order valence-corrected chi connectivity index (χ1v) is 4.35. The van der Waals surface area contributed by atoms with E-state index in [4.69, 9.17) is 9.52 Å². The van der Waals surface area contributed by atoms with Gasteiger partial charge in [-0.2, -0.15) is 0 Å². The van der Waals surface area contributed by atoms with Crippen molar-refractivity contribution in [1.29, 1.82) is 0 Å². The first-order valence-electron chi connectivity index (χ1n) is 4.35. The van der Waals surface area contributed by atoms with Gasteiger partial charge in [0.05, 0.1) is 11.6 Å². The molecule has 2 rings (SSSR count). The minimum atomic E-state index is -1.10. The van der Waals surface area contributed by atoms with Crippen LogP contribution >= 0.6 is 0 Å². The van der Waals surface area contributed by atoms with E-state index in [1.165, 1.54) is 18.4 Å². The molecule has 0 saturated heterocycles. The Balaban J connectivity index is 2.96. The van der Waals surface area contributed by atoms with Gasteiger partial charge >= 0.3 is 5.97 Å². The number of carbonyl (C=O) groups is 1. The van der Waals surface area contributed by atoms with Gasteiger partial charge in [-0.05, 0) is 19.1 Å². The second-order valence-corrected chi connectivity index (χ2v) is 3.24. The van der Waals surface area contributed by atoms with Crippen molar-refractivity contribution in [2.75, 3.05) is 0 Å². The maximum absolute atomic E-state index is 11.7. The van der Waals surface area contributed by atoms with E-state index in [2.05, 4.69) is 0 Å². The summed E-state index contributed by atoms with van der Waals surface area (Å²) in [6.07, 6.45) is 1.27. The van der Waals surface area contributed by atoms with Gasteiger partial charge in [0.15, 0.2) is 11.0 Å². The lowest BCUT2D eigenvalue weighted by Gasteiger charge is -2.00. The zero-order valence-electron chi connectivity index (χ0n) is 7.98. The Kier molecular flexibility index (Phi) is 2.04. The second kappa shape index (κ2) is 3.24. The zero-order chi connectivity index (χ0) is 11.0. The molecule has 2 aromatic rings. The van der Waals surface area contributed by atoms with Crippen LogP contribution in [-0.2, 0) is 0 Å². The molecule has 0 saturated carbocycles. The number of aryl methyl sites for hydroxylation is 1. The molecule has 0 aliphatic heterocycles. The molecule has 4 nitrogen and oxygen atoms in total. The lowest BCUT2D eigenvalue weighted by atomic mass is 10.1. The summed E-state index contributed by atoms with van der Waals surface area (Å²) in [5.74, 6) is -1.10. The molecule has 15 heavy (non-hydrogen) atoms. The van der Waals surface area contributed by atoms with Gasteiger partial charge in [-0.15, -0.1) is 0 Å². The smallest absolute Gasteiger partial charge is 0.339 e. The van der Waals surface area contributed by atoms with Crippen molar-refractivity contribution in [3.8, 4) is 0 Å². The average molecular weight is 204 g/mol. The lowest BCUT2D eigenvalue weighted by molar-refractivity contribution is 0.0698. The predicted molar refractivity (Wildman–Crippen MR) is 54.2 cm³/mol. The number of benzene rings is 1. The Hall–Kier alpha value is -2.10. The molecule has 1 aromatic carbocycles. The van der Waals surface area contributed by atoms with Crippen LogP contribution in [0.4, 0.5) is 0 Å². The fraction of sp³-hybridized carbons (Fsp3) is 0.0909. The fourth-order valence-corrected chi connectivity index (χ4v) is 1.42. The molecule has 0 aliphatic rings. The van der Waals surface area contributed by atoms with Crippen LogP contribution in [0.25, 0.3) is 11.0 Å². The quantitative estimate of drug-likeness (QED) is 0.769. The topological polar surface area (TPSA) is 67.5 Å². The highest BCUT2D eigenvalue weighted by molar-refractivity contribution is 6.00. The minimum Gasteiger partial charge on any atom is -0.478 e. The molecule has 0 radical (unpaired) electrons. The molecule has 0 bridgehead atoms. The van der Waals surface area contributed by atoms with E-state index >= 15 is 0 Å². The summed E-state index contributed by atoms with van der Waals surface area (Å²) in [6.45, 7) is 1.62. The molecule has 1 heterocycles. The van der Waals surface area contributed by atoms with Crippen LogP contribution in [0.5, 0.6) is 0 Å². The van der Waals surface area contributed by atoms with Crippen molar-refractivity contribution in [3.63, 3.8) is 0 Å². The Bertz CT molecular complexity index is 595. The summed E-state index contributed by atoms with van der Waals surface area (Å²) in [5.41, 5.74) is 0.398.